The molecule has 21 heavy (non-hydrogen) atoms. The lowest BCUT2D eigenvalue weighted by atomic mass is 10.2. The molecule has 0 saturated carbocycles. The van der Waals surface area contributed by atoms with Crippen molar-refractivity contribution in [2.75, 3.05) is 19.0 Å². The molecule has 0 amide bonds. The largest absolute Gasteiger partial charge is 0.507 e. The van der Waals surface area contributed by atoms with Crippen molar-refractivity contribution < 1.29 is 14.6 Å². The Morgan fingerprint density at radius 1 is 1.14 bits per heavy atom. The molecule has 112 valence electrons. The van der Waals surface area contributed by atoms with E-state index in [4.69, 9.17) is 9.47 Å². The molecule has 4 nitrogen and oxygen atoms in total. The molecule has 0 aliphatic heterocycles. The van der Waals surface area contributed by atoms with Crippen LogP contribution in [0, 0.1) is 0 Å². The Morgan fingerprint density at radius 3 is 2.67 bits per heavy atom. The minimum absolute atomic E-state index is 0.216. The van der Waals surface area contributed by atoms with Crippen LogP contribution in [0.1, 0.15) is 18.9 Å². The van der Waals surface area contributed by atoms with Crippen LogP contribution in [-0.2, 0) is 6.54 Å². The molecule has 0 saturated heterocycles. The third-order valence-corrected chi connectivity index (χ3v) is 3.11. The van der Waals surface area contributed by atoms with Crippen LogP contribution in [0.15, 0.2) is 42.5 Å². The van der Waals surface area contributed by atoms with Gasteiger partial charge in [0.25, 0.3) is 0 Å². The van der Waals surface area contributed by atoms with Gasteiger partial charge in [0.2, 0.25) is 0 Å². The summed E-state index contributed by atoms with van der Waals surface area (Å²) in [6.45, 7) is 3.28. The number of phenols is 1. The smallest absolute Gasteiger partial charge is 0.142 e. The third kappa shape index (κ3) is 4.05. The zero-order chi connectivity index (χ0) is 15.1. The minimum Gasteiger partial charge on any atom is -0.507 e. The van der Waals surface area contributed by atoms with Crippen molar-refractivity contribution in [3.8, 4) is 17.2 Å². The summed E-state index contributed by atoms with van der Waals surface area (Å²) in [5.74, 6) is 1.68. The van der Waals surface area contributed by atoms with Crippen LogP contribution in [0.3, 0.4) is 0 Å². The van der Waals surface area contributed by atoms with E-state index in [-0.39, 0.29) is 5.75 Å². The van der Waals surface area contributed by atoms with Crippen LogP contribution in [-0.4, -0.2) is 18.8 Å². The first-order valence-electron chi connectivity index (χ1n) is 7.06. The molecule has 0 aliphatic rings. The van der Waals surface area contributed by atoms with E-state index < -0.39 is 0 Å². The summed E-state index contributed by atoms with van der Waals surface area (Å²) in [7, 11) is 1.58. The number of nitrogens with one attached hydrogen (secondary N) is 1. The summed E-state index contributed by atoms with van der Waals surface area (Å²) in [6.07, 6.45) is 0.966. The van der Waals surface area contributed by atoms with Gasteiger partial charge >= 0.3 is 0 Å². The Balaban J connectivity index is 2.06. The van der Waals surface area contributed by atoms with Gasteiger partial charge in [-0.05, 0) is 30.7 Å². The molecule has 0 fully saturated rings. The fraction of sp³-hybridized carbons (Fsp3) is 0.294. The highest BCUT2D eigenvalue weighted by Gasteiger charge is 2.06. The van der Waals surface area contributed by atoms with Crippen molar-refractivity contribution in [2.45, 2.75) is 19.9 Å². The second-order valence-corrected chi connectivity index (χ2v) is 4.69. The summed E-state index contributed by atoms with van der Waals surface area (Å²) in [5, 5.41) is 13.3. The number of anilines is 1. The monoisotopic (exact) mass is 287 g/mol. The molecule has 0 radical (unpaired) electrons. The molecule has 2 N–H and O–H groups in total. The maximum absolute atomic E-state index is 9.96. The Labute approximate surface area is 125 Å². The minimum atomic E-state index is 0.216. The molecule has 0 unspecified atom stereocenters. The van der Waals surface area contributed by atoms with E-state index in [9.17, 15) is 5.11 Å². The first-order chi connectivity index (χ1) is 10.2. The van der Waals surface area contributed by atoms with Crippen molar-refractivity contribution in [2.24, 2.45) is 0 Å². The van der Waals surface area contributed by atoms with Gasteiger partial charge in [-0.15, -0.1) is 0 Å². The van der Waals surface area contributed by atoms with Gasteiger partial charge in [0, 0.05) is 18.2 Å². The highest BCUT2D eigenvalue weighted by molar-refractivity contribution is 5.57. The molecular formula is C17H21NO3. The van der Waals surface area contributed by atoms with Gasteiger partial charge in [0.05, 0.1) is 19.4 Å². The predicted octanol–water partition coefficient (Wildman–Crippen LogP) is 3.80. The molecule has 0 spiro atoms. The average molecular weight is 287 g/mol. The maximum atomic E-state index is 9.96. The first-order valence-corrected chi connectivity index (χ1v) is 7.06. The van der Waals surface area contributed by atoms with Crippen LogP contribution < -0.4 is 14.8 Å². The van der Waals surface area contributed by atoms with Crippen molar-refractivity contribution in [3.05, 3.63) is 48.0 Å². The van der Waals surface area contributed by atoms with Crippen LogP contribution in [0.25, 0.3) is 0 Å². The van der Waals surface area contributed by atoms with Gasteiger partial charge in [0.1, 0.15) is 17.2 Å². The van der Waals surface area contributed by atoms with Crippen LogP contribution in [0.2, 0.25) is 0 Å². The molecule has 2 aromatic carbocycles. The van der Waals surface area contributed by atoms with E-state index in [1.54, 1.807) is 13.2 Å². The second-order valence-electron chi connectivity index (χ2n) is 4.69. The van der Waals surface area contributed by atoms with Gasteiger partial charge in [0.15, 0.2) is 0 Å². The summed E-state index contributed by atoms with van der Waals surface area (Å²) in [5.41, 5.74) is 1.72. The van der Waals surface area contributed by atoms with Gasteiger partial charge < -0.3 is 19.9 Å². The van der Waals surface area contributed by atoms with E-state index >= 15 is 0 Å². The maximum Gasteiger partial charge on any atom is 0.142 e. The molecule has 4 heteroatoms. The van der Waals surface area contributed by atoms with Gasteiger partial charge in [-0.1, -0.05) is 19.1 Å². The quantitative estimate of drug-likeness (QED) is 0.813. The number of aromatic hydroxyl groups is 1. The fourth-order valence-corrected chi connectivity index (χ4v) is 1.96. The zero-order valence-corrected chi connectivity index (χ0v) is 12.4. The van der Waals surface area contributed by atoms with Crippen LogP contribution in [0.5, 0.6) is 17.2 Å². The lowest BCUT2D eigenvalue weighted by Gasteiger charge is -2.13. The van der Waals surface area contributed by atoms with Crippen LogP contribution >= 0.6 is 0 Å². The summed E-state index contributed by atoms with van der Waals surface area (Å²) < 4.78 is 10.8. The van der Waals surface area contributed by atoms with Crippen molar-refractivity contribution in [1.29, 1.82) is 0 Å². The van der Waals surface area contributed by atoms with E-state index in [0.717, 1.165) is 23.4 Å². The first kappa shape index (κ1) is 15.0. The average Bonchev–Trinajstić information content (AvgIpc) is 2.52. The SMILES string of the molecule is CCCOc1ccccc1NCc1ccc(OC)cc1O. The molecule has 0 heterocycles. The van der Waals surface area contributed by atoms with Gasteiger partial charge in [-0.2, -0.15) is 0 Å². The standard InChI is InChI=1S/C17H21NO3/c1-3-10-21-17-7-5-4-6-15(17)18-12-13-8-9-14(20-2)11-16(13)19/h4-9,11,18-19H,3,10,12H2,1-2H3. The zero-order valence-electron chi connectivity index (χ0n) is 12.4. The topological polar surface area (TPSA) is 50.7 Å². The molecular weight excluding hydrogens is 266 g/mol. The molecule has 2 rings (SSSR count). The predicted molar refractivity (Wildman–Crippen MR) is 84.2 cm³/mol. The van der Waals surface area contributed by atoms with Crippen LogP contribution in [0.4, 0.5) is 5.69 Å². The van der Waals surface area contributed by atoms with Crippen molar-refractivity contribution in [3.63, 3.8) is 0 Å². The van der Waals surface area contributed by atoms with Crippen molar-refractivity contribution in [1.82, 2.24) is 0 Å². The van der Waals surface area contributed by atoms with Gasteiger partial charge in [-0.3, -0.25) is 0 Å². The van der Waals surface area contributed by atoms with E-state index in [1.807, 2.05) is 36.4 Å². The summed E-state index contributed by atoms with van der Waals surface area (Å²) >= 11 is 0. The Bertz CT molecular complexity index is 584. The molecule has 0 aliphatic carbocycles. The molecule has 0 bridgehead atoms. The number of para-hydroxylation sites is 2. The lowest BCUT2D eigenvalue weighted by molar-refractivity contribution is 0.319. The molecule has 0 aromatic heterocycles. The Morgan fingerprint density at radius 2 is 1.95 bits per heavy atom. The molecule has 2 aromatic rings. The fourth-order valence-electron chi connectivity index (χ4n) is 1.96. The number of ether oxygens (including phenoxy) is 2. The Hall–Kier alpha value is -2.36. The van der Waals surface area contributed by atoms with E-state index in [2.05, 4.69) is 12.2 Å². The summed E-state index contributed by atoms with van der Waals surface area (Å²) in [4.78, 5) is 0. The molecule has 0 atom stereocenters. The lowest BCUT2D eigenvalue weighted by Crippen LogP contribution is -2.03. The Kier molecular flexibility index (Phi) is 5.32. The third-order valence-electron chi connectivity index (χ3n) is 3.11. The number of hydrogen-bond donors (Lipinski definition) is 2. The van der Waals surface area contributed by atoms with E-state index in [1.165, 1.54) is 0 Å². The highest BCUT2D eigenvalue weighted by Crippen LogP contribution is 2.27. The van der Waals surface area contributed by atoms with Gasteiger partial charge in [-0.25, -0.2) is 0 Å². The highest BCUT2D eigenvalue weighted by atomic mass is 16.5. The second kappa shape index (κ2) is 7.43. The number of benzene rings is 2. The number of phenolic OH excluding ortho intramolecular Hbond substituents is 1. The van der Waals surface area contributed by atoms with E-state index in [0.29, 0.717) is 18.9 Å². The number of methoxy groups -OCH3 is 1. The number of rotatable bonds is 7. The van der Waals surface area contributed by atoms with Crippen molar-refractivity contribution >= 4 is 5.69 Å². The normalized spacial score (nSPS) is 10.2. The number of hydrogen-bond acceptors (Lipinski definition) is 4. The summed E-state index contributed by atoms with van der Waals surface area (Å²) in [6, 6.07) is 13.1.